The molecular formula is C39H44N6O4S3. The van der Waals surface area contributed by atoms with E-state index in [1.54, 1.807) is 27.8 Å². The van der Waals surface area contributed by atoms with Crippen molar-refractivity contribution in [3.05, 3.63) is 121 Å². The Morgan fingerprint density at radius 3 is 2.35 bits per heavy atom. The Bertz CT molecular complexity index is 1970. The van der Waals surface area contributed by atoms with Gasteiger partial charge in [-0.25, -0.2) is 4.98 Å². The number of anilines is 3. The van der Waals surface area contributed by atoms with Crippen molar-refractivity contribution >= 4 is 77.9 Å². The second-order valence-corrected chi connectivity index (χ2v) is 15.7. The van der Waals surface area contributed by atoms with Crippen molar-refractivity contribution in [2.45, 2.75) is 37.1 Å². The molecule has 272 valence electrons. The normalized spacial score (nSPS) is 11.6. The zero-order valence-electron chi connectivity index (χ0n) is 28.9. The molecule has 0 saturated carbocycles. The average Bonchev–Trinajstić information content (AvgIpc) is 3.15. The molecule has 0 radical (unpaired) electrons. The lowest BCUT2D eigenvalue weighted by Gasteiger charge is -2.25. The summed E-state index contributed by atoms with van der Waals surface area (Å²) in [6.07, 6.45) is 11.8. The molecule has 5 aromatic rings. The van der Waals surface area contributed by atoms with Crippen LogP contribution in [0, 0.1) is 0 Å². The molecule has 2 aromatic heterocycles. The monoisotopic (exact) mass is 756 g/mol. The van der Waals surface area contributed by atoms with Crippen molar-refractivity contribution in [3.63, 3.8) is 0 Å². The molecular weight excluding hydrogens is 713 g/mol. The topological polar surface area (TPSA) is 137 Å². The summed E-state index contributed by atoms with van der Waals surface area (Å²) < 4.78 is 33.9. The van der Waals surface area contributed by atoms with Crippen LogP contribution in [0.4, 0.5) is 17.1 Å². The number of nitrogens with one attached hydrogen (secondary N) is 3. The van der Waals surface area contributed by atoms with Crippen LogP contribution in [0.15, 0.2) is 114 Å². The van der Waals surface area contributed by atoms with Gasteiger partial charge in [-0.3, -0.25) is 14.3 Å². The maximum Gasteiger partial charge on any atom is 0.333 e. The van der Waals surface area contributed by atoms with Gasteiger partial charge in [0, 0.05) is 73.2 Å². The second kappa shape index (κ2) is 20.6. The van der Waals surface area contributed by atoms with Gasteiger partial charge in [-0.15, -0.1) is 0 Å². The molecule has 0 aliphatic rings. The van der Waals surface area contributed by atoms with E-state index in [2.05, 4.69) is 48.4 Å². The first-order chi connectivity index (χ1) is 25.3. The molecule has 0 saturated heterocycles. The smallest absolute Gasteiger partial charge is 0.333 e. The van der Waals surface area contributed by atoms with E-state index in [-0.39, 0.29) is 12.5 Å². The van der Waals surface area contributed by atoms with Gasteiger partial charge >= 0.3 is 10.3 Å². The average molecular weight is 757 g/mol. The number of aromatic nitrogens is 2. The minimum Gasteiger partial charge on any atom is -0.385 e. The van der Waals surface area contributed by atoms with Crippen molar-refractivity contribution in [1.82, 2.24) is 14.7 Å². The molecule has 0 aliphatic heterocycles. The number of fused-ring (bicyclic) bond motifs is 1. The van der Waals surface area contributed by atoms with Gasteiger partial charge in [-0.2, -0.15) is 13.1 Å². The van der Waals surface area contributed by atoms with E-state index in [4.69, 9.17) is 4.55 Å². The number of hydrogen-bond acceptors (Lipinski definition) is 9. The number of amides is 1. The van der Waals surface area contributed by atoms with E-state index in [1.807, 2.05) is 97.2 Å². The summed E-state index contributed by atoms with van der Waals surface area (Å²) in [7, 11) is -0.852. The van der Waals surface area contributed by atoms with Gasteiger partial charge in [0.15, 0.2) is 0 Å². The third kappa shape index (κ3) is 13.6. The third-order valence-corrected chi connectivity index (χ3v) is 11.0. The van der Waals surface area contributed by atoms with Crippen LogP contribution in [0.2, 0.25) is 0 Å². The number of carbonyl (C=O) groups excluding carboxylic acids is 1. The first-order valence-electron chi connectivity index (χ1n) is 17.3. The molecule has 0 aliphatic carbocycles. The third-order valence-electron chi connectivity index (χ3n) is 8.08. The number of unbranched alkanes of at least 4 members (excludes halogenated alkanes) is 2. The number of benzene rings is 3. The number of nitrogens with zero attached hydrogens (tertiary/aromatic N) is 3. The largest absolute Gasteiger partial charge is 0.385 e. The molecule has 13 heteroatoms. The Kier molecular flexibility index (Phi) is 15.4. The molecule has 0 bridgehead atoms. The molecule has 4 N–H and O–H groups in total. The Balaban J connectivity index is 1.03. The van der Waals surface area contributed by atoms with E-state index in [1.165, 1.54) is 0 Å². The summed E-state index contributed by atoms with van der Waals surface area (Å²) in [4.78, 5) is 23.2. The molecule has 2 heterocycles. The fraction of sp³-hybridized carbons (Fsp3) is 0.256. The molecule has 5 rings (SSSR count). The highest BCUT2D eigenvalue weighted by atomic mass is 33.1. The van der Waals surface area contributed by atoms with Crippen molar-refractivity contribution < 1.29 is 17.8 Å². The lowest BCUT2D eigenvalue weighted by Crippen LogP contribution is -2.35. The van der Waals surface area contributed by atoms with Crippen LogP contribution in [-0.4, -0.2) is 60.8 Å². The molecule has 0 atom stereocenters. The van der Waals surface area contributed by atoms with Crippen LogP contribution in [0.1, 0.15) is 43.2 Å². The lowest BCUT2D eigenvalue weighted by atomic mass is 10.1. The highest BCUT2D eigenvalue weighted by Gasteiger charge is 2.10. The highest BCUT2D eigenvalue weighted by Crippen LogP contribution is 2.30. The first kappa shape index (κ1) is 38.8. The van der Waals surface area contributed by atoms with E-state index >= 15 is 0 Å². The summed E-state index contributed by atoms with van der Waals surface area (Å²) in [6.45, 7) is 1.96. The quantitative estimate of drug-likeness (QED) is 0.0328. The van der Waals surface area contributed by atoms with E-state index in [9.17, 15) is 13.2 Å². The molecule has 52 heavy (non-hydrogen) atoms. The van der Waals surface area contributed by atoms with Crippen molar-refractivity contribution in [1.29, 1.82) is 0 Å². The van der Waals surface area contributed by atoms with Crippen LogP contribution in [0.5, 0.6) is 0 Å². The van der Waals surface area contributed by atoms with Gasteiger partial charge in [-0.05, 0) is 108 Å². The Morgan fingerprint density at radius 1 is 0.769 bits per heavy atom. The lowest BCUT2D eigenvalue weighted by molar-refractivity contribution is -0.116. The molecule has 0 spiro atoms. The maximum absolute atomic E-state index is 12.4. The van der Waals surface area contributed by atoms with Gasteiger partial charge in [0.1, 0.15) is 5.03 Å². The Labute approximate surface area is 314 Å². The van der Waals surface area contributed by atoms with Crippen molar-refractivity contribution in [3.8, 4) is 0 Å². The fourth-order valence-electron chi connectivity index (χ4n) is 5.43. The Hall–Kier alpha value is -4.40. The van der Waals surface area contributed by atoms with Crippen molar-refractivity contribution in [2.24, 2.45) is 0 Å². The molecule has 0 fully saturated rings. The number of rotatable bonds is 21. The zero-order chi connectivity index (χ0) is 36.4. The Morgan fingerprint density at radius 2 is 1.56 bits per heavy atom. The van der Waals surface area contributed by atoms with E-state index < -0.39 is 10.3 Å². The predicted molar refractivity (Wildman–Crippen MR) is 218 cm³/mol. The molecule has 10 nitrogen and oxygen atoms in total. The van der Waals surface area contributed by atoms with Crippen LogP contribution in [0.3, 0.4) is 0 Å². The predicted octanol–water partition coefficient (Wildman–Crippen LogP) is 8.44. The standard InChI is InChI=1S/C39H44N6O4S3/c46-38(11-4-8-30-50-51-39-12-3-5-25-42-39)44-34-19-17-33(18-20-34)40-24-6-7-28-45(29-27-43-52(47,48)49)35-21-14-31(15-22-35)13-16-32-23-26-41-37-10-2-1-9-36(32)37/h1-3,5,9-10,12-23,25-26,40,43H,4,6-8,11,24,27-30H2,(H,44,46)(H,47,48,49). The van der Waals surface area contributed by atoms with Crippen LogP contribution >= 0.6 is 21.6 Å². The minimum absolute atomic E-state index is 0.0178. The summed E-state index contributed by atoms with van der Waals surface area (Å²) in [6, 6.07) is 31.8. The zero-order valence-corrected chi connectivity index (χ0v) is 31.3. The van der Waals surface area contributed by atoms with Crippen molar-refractivity contribution in [2.75, 3.05) is 47.5 Å². The fourth-order valence-corrected chi connectivity index (χ4v) is 7.80. The van der Waals surface area contributed by atoms with Crippen LogP contribution < -0.4 is 20.3 Å². The van der Waals surface area contributed by atoms with E-state index in [0.29, 0.717) is 19.5 Å². The van der Waals surface area contributed by atoms with Gasteiger partial charge < -0.3 is 15.5 Å². The van der Waals surface area contributed by atoms with E-state index in [0.717, 1.165) is 82.1 Å². The summed E-state index contributed by atoms with van der Waals surface area (Å²) >= 11 is 0. The van der Waals surface area contributed by atoms with Gasteiger partial charge in [-0.1, -0.05) is 59.3 Å². The van der Waals surface area contributed by atoms with Gasteiger partial charge in [0.05, 0.1) is 5.52 Å². The minimum atomic E-state index is -4.27. The van der Waals surface area contributed by atoms with Gasteiger partial charge in [0.2, 0.25) is 5.91 Å². The molecule has 3 aromatic carbocycles. The maximum atomic E-state index is 12.4. The van der Waals surface area contributed by atoms with Crippen LogP contribution in [0.25, 0.3) is 23.1 Å². The van der Waals surface area contributed by atoms with Crippen LogP contribution in [-0.2, 0) is 15.1 Å². The number of hydrogen-bond donors (Lipinski definition) is 4. The summed E-state index contributed by atoms with van der Waals surface area (Å²) in [5, 5.41) is 8.51. The summed E-state index contributed by atoms with van der Waals surface area (Å²) in [5.74, 6) is 0.985. The molecule has 0 unspecified atom stereocenters. The molecule has 1 amide bonds. The first-order valence-corrected chi connectivity index (χ1v) is 21.0. The number of pyridine rings is 2. The summed E-state index contributed by atoms with van der Waals surface area (Å²) in [5.41, 5.74) is 5.79. The SMILES string of the molecule is O=C(CCCCSSc1ccccn1)Nc1ccc(NCCCCN(CCNS(=O)(=O)O)c2ccc(C=Cc3ccnc4ccccc34)cc2)cc1. The highest BCUT2D eigenvalue weighted by molar-refractivity contribution is 8.76. The van der Waals surface area contributed by atoms with Gasteiger partial charge in [0.25, 0.3) is 0 Å². The second-order valence-electron chi connectivity index (χ2n) is 12.0. The number of para-hydroxylation sites is 1. The number of carbonyl (C=O) groups is 1.